The van der Waals surface area contributed by atoms with E-state index in [9.17, 15) is 4.79 Å². The summed E-state index contributed by atoms with van der Waals surface area (Å²) < 4.78 is 10.9. The molecule has 1 heterocycles. The van der Waals surface area contributed by atoms with E-state index in [1.807, 2.05) is 6.07 Å². The Kier molecular flexibility index (Phi) is 5.89. The van der Waals surface area contributed by atoms with Gasteiger partial charge in [-0.05, 0) is 30.4 Å². The summed E-state index contributed by atoms with van der Waals surface area (Å²) in [5.74, 6) is 0.956. The maximum atomic E-state index is 11.7. The first-order valence-corrected chi connectivity index (χ1v) is 7.37. The largest absolute Gasteiger partial charge is 0.493 e. The van der Waals surface area contributed by atoms with Crippen molar-refractivity contribution in [1.82, 2.24) is 9.97 Å². The van der Waals surface area contributed by atoms with E-state index in [1.165, 1.54) is 7.11 Å². The van der Waals surface area contributed by atoms with Crippen LogP contribution in [0.1, 0.15) is 16.8 Å². The zero-order valence-corrected chi connectivity index (χ0v) is 13.6. The first-order valence-electron chi connectivity index (χ1n) is 6.96. The Morgan fingerprint density at radius 3 is 2.83 bits per heavy atom. The summed E-state index contributed by atoms with van der Waals surface area (Å²) in [7, 11) is 1.51. The number of ether oxygens (including phenoxy) is 2. The predicted molar refractivity (Wildman–Crippen MR) is 91.5 cm³/mol. The van der Waals surface area contributed by atoms with Crippen molar-refractivity contribution in [3.63, 3.8) is 0 Å². The minimum Gasteiger partial charge on any atom is -0.493 e. The molecule has 0 bridgehead atoms. The molecule has 0 saturated heterocycles. The third-order valence-corrected chi connectivity index (χ3v) is 3.28. The summed E-state index contributed by atoms with van der Waals surface area (Å²) in [6.45, 7) is -0.0287. The van der Waals surface area contributed by atoms with Crippen LogP contribution in [0.15, 0.2) is 23.0 Å². The lowest BCUT2D eigenvalue weighted by molar-refractivity contribution is 0.196. The van der Waals surface area contributed by atoms with Crippen LogP contribution in [0.3, 0.4) is 0 Å². The Bertz CT molecular complexity index is 909. The van der Waals surface area contributed by atoms with Crippen LogP contribution in [0, 0.1) is 16.1 Å². The molecule has 1 aromatic carbocycles. The normalized spacial score (nSPS) is 10.5. The van der Waals surface area contributed by atoms with Crippen LogP contribution >= 0.6 is 12.2 Å². The lowest BCUT2D eigenvalue weighted by Gasteiger charge is -2.12. The Hall–Kier alpha value is -2.89. The predicted octanol–water partition coefficient (Wildman–Crippen LogP) is 1.85. The van der Waals surface area contributed by atoms with E-state index < -0.39 is 5.56 Å². The fraction of sp³-hybridized carbons (Fsp3) is 0.188. The van der Waals surface area contributed by atoms with Crippen LogP contribution in [0.4, 0.5) is 0 Å². The zero-order valence-electron chi connectivity index (χ0n) is 12.8. The van der Waals surface area contributed by atoms with Gasteiger partial charge in [0.2, 0.25) is 0 Å². The van der Waals surface area contributed by atoms with Gasteiger partial charge in [-0.3, -0.25) is 9.78 Å². The van der Waals surface area contributed by atoms with E-state index in [2.05, 4.69) is 9.97 Å². The van der Waals surface area contributed by atoms with Gasteiger partial charge in [0.15, 0.2) is 16.3 Å². The molecule has 24 heavy (non-hydrogen) atoms. The van der Waals surface area contributed by atoms with Crippen molar-refractivity contribution in [1.29, 1.82) is 5.26 Å². The molecule has 2 rings (SSSR count). The van der Waals surface area contributed by atoms with E-state index >= 15 is 0 Å². The number of rotatable bonds is 6. The monoisotopic (exact) mass is 345 g/mol. The van der Waals surface area contributed by atoms with Crippen LogP contribution in [0.5, 0.6) is 11.5 Å². The third kappa shape index (κ3) is 3.90. The number of benzene rings is 1. The fourth-order valence-corrected chi connectivity index (χ4v) is 2.24. The molecule has 0 saturated carbocycles. The minimum absolute atomic E-state index is 0.0689. The second kappa shape index (κ2) is 8.10. The van der Waals surface area contributed by atoms with E-state index in [-0.39, 0.29) is 23.5 Å². The molecule has 8 heteroatoms. The topological polar surface area (TPSA) is 111 Å². The number of H-pyrrole nitrogens is 2. The van der Waals surface area contributed by atoms with Crippen LogP contribution < -0.4 is 15.0 Å². The van der Waals surface area contributed by atoms with Gasteiger partial charge < -0.3 is 19.6 Å². The molecule has 0 amide bonds. The molecule has 0 atom stereocenters. The number of hydrogen-bond acceptors (Lipinski definition) is 6. The Labute approximate surface area is 142 Å². The van der Waals surface area contributed by atoms with Gasteiger partial charge in [0, 0.05) is 5.56 Å². The van der Waals surface area contributed by atoms with Gasteiger partial charge in [-0.25, -0.2) is 0 Å². The Morgan fingerprint density at radius 2 is 2.17 bits per heavy atom. The van der Waals surface area contributed by atoms with Crippen molar-refractivity contribution in [2.45, 2.75) is 0 Å². The summed E-state index contributed by atoms with van der Waals surface area (Å²) in [5, 5.41) is 18.1. The molecule has 0 aliphatic carbocycles. The zero-order chi connectivity index (χ0) is 17.5. The van der Waals surface area contributed by atoms with E-state index in [1.54, 1.807) is 30.4 Å². The van der Waals surface area contributed by atoms with Crippen molar-refractivity contribution in [3.8, 4) is 17.6 Å². The Morgan fingerprint density at radius 1 is 1.38 bits per heavy atom. The number of aliphatic hydroxyl groups is 1. The highest BCUT2D eigenvalue weighted by Crippen LogP contribution is 2.32. The molecule has 0 fully saturated rings. The highest BCUT2D eigenvalue weighted by atomic mass is 32.1. The van der Waals surface area contributed by atoms with Crippen LogP contribution in [0.25, 0.3) is 12.2 Å². The summed E-state index contributed by atoms with van der Waals surface area (Å²) in [4.78, 5) is 16.9. The number of para-hydroxylation sites is 1. The number of methoxy groups -OCH3 is 1. The molecule has 1 aromatic heterocycles. The highest BCUT2D eigenvalue weighted by molar-refractivity contribution is 7.71. The first kappa shape index (κ1) is 17.5. The van der Waals surface area contributed by atoms with Gasteiger partial charge >= 0.3 is 0 Å². The summed E-state index contributed by atoms with van der Waals surface area (Å²) in [6, 6.07) is 7.12. The summed E-state index contributed by atoms with van der Waals surface area (Å²) in [5.41, 5.74) is 0.331. The number of aromatic nitrogens is 2. The van der Waals surface area contributed by atoms with E-state index in [0.29, 0.717) is 22.8 Å². The molecule has 0 unspecified atom stereocenters. The molecule has 0 aliphatic rings. The number of nitrogens with one attached hydrogen (secondary N) is 2. The Balaban J connectivity index is 2.49. The minimum atomic E-state index is -0.553. The molecule has 7 nitrogen and oxygen atoms in total. The number of nitrogens with zero attached hydrogens (tertiary/aromatic N) is 1. The number of aliphatic hydroxyl groups excluding tert-OH is 1. The first-order chi connectivity index (χ1) is 11.6. The lowest BCUT2D eigenvalue weighted by Crippen LogP contribution is -2.13. The van der Waals surface area contributed by atoms with Crippen molar-refractivity contribution in [3.05, 3.63) is 50.1 Å². The van der Waals surface area contributed by atoms with Gasteiger partial charge in [0.25, 0.3) is 5.56 Å². The van der Waals surface area contributed by atoms with E-state index in [0.717, 1.165) is 0 Å². The van der Waals surface area contributed by atoms with Gasteiger partial charge in [-0.1, -0.05) is 12.1 Å². The molecular weight excluding hydrogens is 330 g/mol. The molecule has 0 spiro atoms. The van der Waals surface area contributed by atoms with Crippen LogP contribution in [-0.2, 0) is 0 Å². The average Bonchev–Trinajstić information content (AvgIpc) is 2.57. The van der Waals surface area contributed by atoms with E-state index in [4.69, 9.17) is 32.1 Å². The quantitative estimate of drug-likeness (QED) is 0.689. The van der Waals surface area contributed by atoms with Crippen molar-refractivity contribution in [2.75, 3.05) is 20.3 Å². The molecule has 0 radical (unpaired) electrons. The number of nitriles is 1. The van der Waals surface area contributed by atoms with Gasteiger partial charge in [-0.15, -0.1) is 0 Å². The second-order valence-electron chi connectivity index (χ2n) is 4.59. The summed E-state index contributed by atoms with van der Waals surface area (Å²) in [6.07, 6.45) is 3.22. The SMILES string of the molecule is COc1cccc(C=Cc2[nH]c(=S)[nH]c(=O)c2C#N)c1OCCO. The fourth-order valence-electron chi connectivity index (χ4n) is 2.04. The molecule has 0 aliphatic heterocycles. The maximum absolute atomic E-state index is 11.7. The number of aromatic amines is 2. The van der Waals surface area contributed by atoms with Crippen molar-refractivity contribution < 1.29 is 14.6 Å². The molecule has 124 valence electrons. The van der Waals surface area contributed by atoms with Crippen LogP contribution in [-0.4, -0.2) is 35.4 Å². The van der Waals surface area contributed by atoms with Crippen LogP contribution in [0.2, 0.25) is 0 Å². The average molecular weight is 345 g/mol. The molecular formula is C16H15N3O4S. The molecule has 2 aromatic rings. The molecule has 3 N–H and O–H groups in total. The van der Waals surface area contributed by atoms with Gasteiger partial charge in [-0.2, -0.15) is 5.26 Å². The lowest BCUT2D eigenvalue weighted by atomic mass is 10.1. The third-order valence-electron chi connectivity index (χ3n) is 3.08. The standard InChI is InChI=1S/C16H15N3O4S/c1-22-13-4-2-3-10(14(13)23-8-7-20)5-6-12-11(9-17)15(21)19-16(24)18-12/h2-6,20H,7-8H2,1H3,(H2,18,19,21,24). The smallest absolute Gasteiger partial charge is 0.270 e. The highest BCUT2D eigenvalue weighted by Gasteiger charge is 2.09. The van der Waals surface area contributed by atoms with Gasteiger partial charge in [0.05, 0.1) is 19.4 Å². The number of hydrogen-bond donors (Lipinski definition) is 3. The summed E-state index contributed by atoms with van der Waals surface area (Å²) >= 11 is 4.92. The second-order valence-corrected chi connectivity index (χ2v) is 5.00. The maximum Gasteiger partial charge on any atom is 0.270 e. The van der Waals surface area contributed by atoms with Crippen molar-refractivity contribution >= 4 is 24.4 Å². The van der Waals surface area contributed by atoms with Crippen molar-refractivity contribution in [2.24, 2.45) is 0 Å². The van der Waals surface area contributed by atoms with Gasteiger partial charge in [0.1, 0.15) is 18.2 Å².